The van der Waals surface area contributed by atoms with Gasteiger partial charge in [0.15, 0.2) is 5.65 Å². The van der Waals surface area contributed by atoms with Gasteiger partial charge in [0.1, 0.15) is 10.5 Å². The lowest BCUT2D eigenvalue weighted by molar-refractivity contribution is -0.113. The number of aryl methyl sites for hydroxylation is 1. The lowest BCUT2D eigenvalue weighted by Gasteiger charge is -2.06. The fourth-order valence-corrected chi connectivity index (χ4v) is 5.89. The van der Waals surface area contributed by atoms with E-state index in [0.717, 1.165) is 43.8 Å². The molecule has 3 aromatic heterocycles. The Kier molecular flexibility index (Phi) is 6.15. The van der Waals surface area contributed by atoms with Gasteiger partial charge >= 0.3 is 0 Å². The molecular formula is C28H22N6OS2. The molecule has 0 aliphatic carbocycles. The number of carbonyl (C=O) groups excluding carboxylic acids is 1. The van der Waals surface area contributed by atoms with Crippen molar-refractivity contribution >= 4 is 67.0 Å². The summed E-state index contributed by atoms with van der Waals surface area (Å²) in [5.41, 5.74) is 6.48. The van der Waals surface area contributed by atoms with Crippen molar-refractivity contribution in [1.82, 2.24) is 24.7 Å². The molecule has 37 heavy (non-hydrogen) atoms. The average molecular weight is 523 g/mol. The van der Waals surface area contributed by atoms with Gasteiger partial charge in [0, 0.05) is 23.2 Å². The largest absolute Gasteiger partial charge is 0.325 e. The number of amides is 1. The number of rotatable bonds is 7. The molecule has 3 aromatic carbocycles. The maximum atomic E-state index is 12.6. The van der Waals surface area contributed by atoms with Crippen LogP contribution in [0.3, 0.4) is 0 Å². The molecule has 182 valence electrons. The molecule has 0 spiro atoms. The first-order valence-electron chi connectivity index (χ1n) is 11.7. The van der Waals surface area contributed by atoms with Gasteiger partial charge in [0.25, 0.3) is 0 Å². The normalized spacial score (nSPS) is 11.4. The molecule has 0 saturated carbocycles. The fraction of sp³-hybridized carbons (Fsp3) is 0.107. The van der Waals surface area contributed by atoms with Crippen molar-refractivity contribution in [2.75, 3.05) is 11.1 Å². The summed E-state index contributed by atoms with van der Waals surface area (Å²) in [6.45, 7) is 6.55. The summed E-state index contributed by atoms with van der Waals surface area (Å²) in [5, 5.41) is 14.0. The standard InChI is InChI=1S/C28H22N6OS2/c1-3-14-34-22-7-5-4-6-20(22)25-26(34)31-28(33-32-25)36-16-24(35)29-19-11-9-18(10-12-19)27-30-21-13-8-17(2)15-23(21)37-27/h3-13,15H,1,14,16H2,2H3,(H,29,35). The van der Waals surface area contributed by atoms with E-state index in [-0.39, 0.29) is 11.7 Å². The number of nitrogens with zero attached hydrogens (tertiary/aromatic N) is 5. The van der Waals surface area contributed by atoms with E-state index < -0.39 is 0 Å². The zero-order valence-electron chi connectivity index (χ0n) is 20.0. The number of aromatic nitrogens is 5. The molecule has 0 bridgehead atoms. The number of hydrogen-bond acceptors (Lipinski definition) is 7. The van der Waals surface area contributed by atoms with Gasteiger partial charge in [-0.15, -0.1) is 28.1 Å². The minimum atomic E-state index is -0.136. The van der Waals surface area contributed by atoms with Crippen LogP contribution >= 0.6 is 23.1 Å². The first-order chi connectivity index (χ1) is 18.1. The van der Waals surface area contributed by atoms with Crippen molar-refractivity contribution in [2.24, 2.45) is 0 Å². The van der Waals surface area contributed by atoms with Crippen LogP contribution in [-0.4, -0.2) is 36.4 Å². The van der Waals surface area contributed by atoms with E-state index >= 15 is 0 Å². The number of allylic oxidation sites excluding steroid dienone is 1. The lowest BCUT2D eigenvalue weighted by Crippen LogP contribution is -2.14. The average Bonchev–Trinajstić information content (AvgIpc) is 3.47. The third-order valence-electron chi connectivity index (χ3n) is 5.96. The van der Waals surface area contributed by atoms with E-state index in [0.29, 0.717) is 11.7 Å². The van der Waals surface area contributed by atoms with Gasteiger partial charge in [-0.25, -0.2) is 9.97 Å². The van der Waals surface area contributed by atoms with Gasteiger partial charge in [-0.3, -0.25) is 4.79 Å². The van der Waals surface area contributed by atoms with E-state index in [2.05, 4.69) is 45.7 Å². The molecule has 0 fully saturated rings. The second-order valence-electron chi connectivity index (χ2n) is 8.59. The molecule has 0 aliphatic rings. The summed E-state index contributed by atoms with van der Waals surface area (Å²) < 4.78 is 3.23. The predicted molar refractivity (Wildman–Crippen MR) is 152 cm³/mol. The minimum absolute atomic E-state index is 0.136. The molecule has 0 aliphatic heterocycles. The Morgan fingerprint density at radius 1 is 1.08 bits per heavy atom. The number of hydrogen-bond donors (Lipinski definition) is 1. The van der Waals surface area contributed by atoms with Gasteiger partial charge in [-0.1, -0.05) is 42.1 Å². The smallest absolute Gasteiger partial charge is 0.234 e. The molecular weight excluding hydrogens is 500 g/mol. The number of thiazole rings is 1. The van der Waals surface area contributed by atoms with Crippen molar-refractivity contribution < 1.29 is 4.79 Å². The number of fused-ring (bicyclic) bond motifs is 4. The third kappa shape index (κ3) is 4.59. The van der Waals surface area contributed by atoms with Crippen LogP contribution in [0.2, 0.25) is 0 Å². The van der Waals surface area contributed by atoms with E-state index in [1.807, 2.05) is 60.7 Å². The number of anilines is 1. The second kappa shape index (κ2) is 9.76. The topological polar surface area (TPSA) is 85.6 Å². The quantitative estimate of drug-likeness (QED) is 0.191. The fourth-order valence-electron chi connectivity index (χ4n) is 4.24. The highest BCUT2D eigenvalue weighted by atomic mass is 32.2. The summed E-state index contributed by atoms with van der Waals surface area (Å²) in [6.07, 6.45) is 1.83. The van der Waals surface area contributed by atoms with E-state index in [4.69, 9.17) is 9.97 Å². The molecule has 0 radical (unpaired) electrons. The van der Waals surface area contributed by atoms with Crippen molar-refractivity contribution in [1.29, 1.82) is 0 Å². The second-order valence-corrected chi connectivity index (χ2v) is 10.6. The molecule has 9 heteroatoms. The Morgan fingerprint density at radius 2 is 1.92 bits per heavy atom. The van der Waals surface area contributed by atoms with E-state index in [1.165, 1.54) is 22.0 Å². The van der Waals surface area contributed by atoms with Gasteiger partial charge in [0.2, 0.25) is 11.1 Å². The minimum Gasteiger partial charge on any atom is -0.325 e. The van der Waals surface area contributed by atoms with Crippen LogP contribution in [-0.2, 0) is 11.3 Å². The van der Waals surface area contributed by atoms with Gasteiger partial charge in [-0.05, 0) is 55.0 Å². The summed E-state index contributed by atoms with van der Waals surface area (Å²) in [5.74, 6) is 0.0388. The molecule has 1 N–H and O–H groups in total. The Bertz CT molecular complexity index is 1790. The van der Waals surface area contributed by atoms with Crippen LogP contribution < -0.4 is 5.32 Å². The van der Waals surface area contributed by atoms with Crippen LogP contribution in [0.15, 0.2) is 84.5 Å². The molecule has 0 saturated heterocycles. The number of para-hydroxylation sites is 1. The number of carbonyl (C=O) groups is 1. The maximum absolute atomic E-state index is 12.6. The maximum Gasteiger partial charge on any atom is 0.234 e. The zero-order chi connectivity index (χ0) is 25.4. The first-order valence-corrected chi connectivity index (χ1v) is 13.5. The summed E-state index contributed by atoms with van der Waals surface area (Å²) in [6, 6.07) is 22.0. The summed E-state index contributed by atoms with van der Waals surface area (Å²) >= 11 is 2.93. The van der Waals surface area contributed by atoms with Crippen LogP contribution in [0, 0.1) is 6.92 Å². The number of thioether (sulfide) groups is 1. The molecule has 6 aromatic rings. The molecule has 3 heterocycles. The SMILES string of the molecule is C=CCn1c2ccccc2c2nnc(SCC(=O)Nc3ccc(-c4nc5ccc(C)cc5s4)cc3)nc21. The molecule has 0 atom stereocenters. The number of benzene rings is 3. The molecule has 7 nitrogen and oxygen atoms in total. The van der Waals surface area contributed by atoms with Gasteiger partial charge in [-0.2, -0.15) is 0 Å². The van der Waals surface area contributed by atoms with Crippen LogP contribution in [0.4, 0.5) is 5.69 Å². The van der Waals surface area contributed by atoms with Crippen LogP contribution in [0.1, 0.15) is 5.56 Å². The lowest BCUT2D eigenvalue weighted by atomic mass is 10.2. The van der Waals surface area contributed by atoms with Crippen molar-refractivity contribution in [3.63, 3.8) is 0 Å². The van der Waals surface area contributed by atoms with Crippen LogP contribution in [0.25, 0.3) is 42.9 Å². The van der Waals surface area contributed by atoms with Crippen LogP contribution in [0.5, 0.6) is 0 Å². The van der Waals surface area contributed by atoms with Gasteiger partial charge in [0.05, 0.1) is 21.5 Å². The predicted octanol–water partition coefficient (Wildman–Crippen LogP) is 6.48. The highest BCUT2D eigenvalue weighted by Crippen LogP contribution is 2.31. The monoisotopic (exact) mass is 522 g/mol. The zero-order valence-corrected chi connectivity index (χ0v) is 21.6. The van der Waals surface area contributed by atoms with Gasteiger partial charge < -0.3 is 9.88 Å². The molecule has 0 unspecified atom stereocenters. The Balaban J connectivity index is 1.14. The summed E-state index contributed by atoms with van der Waals surface area (Å²) in [4.78, 5) is 22.1. The van der Waals surface area contributed by atoms with Crippen molar-refractivity contribution in [3.05, 3.63) is 84.9 Å². The first kappa shape index (κ1) is 23.3. The summed E-state index contributed by atoms with van der Waals surface area (Å²) in [7, 11) is 0. The highest BCUT2D eigenvalue weighted by molar-refractivity contribution is 7.99. The molecule has 6 rings (SSSR count). The Morgan fingerprint density at radius 3 is 2.76 bits per heavy atom. The Hall–Kier alpha value is -4.08. The van der Waals surface area contributed by atoms with Crippen molar-refractivity contribution in [2.45, 2.75) is 18.6 Å². The highest BCUT2D eigenvalue weighted by Gasteiger charge is 2.15. The number of nitrogens with one attached hydrogen (secondary N) is 1. The van der Waals surface area contributed by atoms with Crippen molar-refractivity contribution in [3.8, 4) is 10.6 Å². The Labute approximate surface area is 221 Å². The van der Waals surface area contributed by atoms with E-state index in [1.54, 1.807) is 11.3 Å². The molecule has 1 amide bonds. The van der Waals surface area contributed by atoms with E-state index in [9.17, 15) is 4.79 Å². The third-order valence-corrected chi connectivity index (χ3v) is 7.86.